The molecule has 0 radical (unpaired) electrons. The van der Waals surface area contributed by atoms with Crippen LogP contribution in [0.5, 0.6) is 5.75 Å². The SMILES string of the molecule is CC(=O)n1ccc2cccc(O)c21. The molecule has 0 aliphatic rings. The Morgan fingerprint density at radius 1 is 1.38 bits per heavy atom. The topological polar surface area (TPSA) is 42.2 Å². The molecule has 66 valence electrons. The molecule has 3 heteroatoms. The lowest BCUT2D eigenvalue weighted by molar-refractivity contribution is 0.0941. The average Bonchev–Trinajstić information content (AvgIpc) is 2.49. The third kappa shape index (κ3) is 1.09. The summed E-state index contributed by atoms with van der Waals surface area (Å²) in [6, 6.07) is 6.98. The second-order valence-electron chi connectivity index (χ2n) is 2.92. The number of rotatable bonds is 0. The van der Waals surface area contributed by atoms with Gasteiger partial charge in [-0.15, -0.1) is 0 Å². The molecular formula is C10H9NO2. The van der Waals surface area contributed by atoms with E-state index in [1.807, 2.05) is 6.07 Å². The first kappa shape index (κ1) is 7.86. The molecule has 13 heavy (non-hydrogen) atoms. The fourth-order valence-electron chi connectivity index (χ4n) is 1.44. The lowest BCUT2D eigenvalue weighted by atomic mass is 10.2. The fraction of sp³-hybridized carbons (Fsp3) is 0.100. The number of benzene rings is 1. The number of fused-ring (bicyclic) bond motifs is 1. The fourth-order valence-corrected chi connectivity index (χ4v) is 1.44. The van der Waals surface area contributed by atoms with Crippen LogP contribution in [0, 0.1) is 0 Å². The predicted octanol–water partition coefficient (Wildman–Crippen LogP) is 2.01. The van der Waals surface area contributed by atoms with Crippen LogP contribution in [0.3, 0.4) is 0 Å². The predicted molar refractivity (Wildman–Crippen MR) is 49.9 cm³/mol. The van der Waals surface area contributed by atoms with Crippen molar-refractivity contribution in [3.8, 4) is 5.75 Å². The van der Waals surface area contributed by atoms with Crippen molar-refractivity contribution >= 4 is 16.8 Å². The normalized spacial score (nSPS) is 10.5. The van der Waals surface area contributed by atoms with Gasteiger partial charge in [0.25, 0.3) is 0 Å². The highest BCUT2D eigenvalue weighted by atomic mass is 16.3. The summed E-state index contributed by atoms with van der Waals surface area (Å²) in [6.07, 6.45) is 1.66. The van der Waals surface area contributed by atoms with Crippen molar-refractivity contribution in [2.24, 2.45) is 0 Å². The molecule has 0 aliphatic carbocycles. The number of hydrogen-bond donors (Lipinski definition) is 1. The van der Waals surface area contributed by atoms with Crippen molar-refractivity contribution in [3.05, 3.63) is 30.5 Å². The average molecular weight is 175 g/mol. The number of aromatic hydroxyl groups is 1. The smallest absolute Gasteiger partial charge is 0.228 e. The van der Waals surface area contributed by atoms with Crippen molar-refractivity contribution in [1.82, 2.24) is 4.57 Å². The van der Waals surface area contributed by atoms with Crippen LogP contribution >= 0.6 is 0 Å². The Bertz CT molecular complexity index is 471. The summed E-state index contributed by atoms with van der Waals surface area (Å²) >= 11 is 0. The molecule has 0 saturated heterocycles. The van der Waals surface area contributed by atoms with E-state index in [9.17, 15) is 9.90 Å². The van der Waals surface area contributed by atoms with Gasteiger partial charge in [-0.2, -0.15) is 0 Å². The molecule has 1 N–H and O–H groups in total. The quantitative estimate of drug-likeness (QED) is 0.665. The highest BCUT2D eigenvalue weighted by Crippen LogP contribution is 2.24. The molecule has 0 spiro atoms. The first-order valence-electron chi connectivity index (χ1n) is 4.00. The van der Waals surface area contributed by atoms with Crippen LogP contribution in [0.4, 0.5) is 0 Å². The van der Waals surface area contributed by atoms with E-state index in [-0.39, 0.29) is 11.7 Å². The number of carbonyl (C=O) groups is 1. The van der Waals surface area contributed by atoms with Crippen LogP contribution in [0.2, 0.25) is 0 Å². The van der Waals surface area contributed by atoms with Crippen LogP contribution < -0.4 is 0 Å². The Labute approximate surface area is 75.2 Å². The van der Waals surface area contributed by atoms with Crippen LogP contribution in [-0.4, -0.2) is 15.6 Å². The maximum absolute atomic E-state index is 11.1. The molecule has 0 bridgehead atoms. The molecule has 3 nitrogen and oxygen atoms in total. The molecule has 0 amide bonds. The summed E-state index contributed by atoms with van der Waals surface area (Å²) in [6.45, 7) is 1.46. The molecule has 1 heterocycles. The van der Waals surface area contributed by atoms with Gasteiger partial charge in [-0.25, -0.2) is 0 Å². The molecule has 0 fully saturated rings. The molecule has 2 rings (SSSR count). The number of carbonyl (C=O) groups excluding carboxylic acids is 1. The highest BCUT2D eigenvalue weighted by molar-refractivity contribution is 5.94. The van der Waals surface area contributed by atoms with Crippen molar-refractivity contribution in [2.45, 2.75) is 6.92 Å². The third-order valence-corrected chi connectivity index (χ3v) is 2.03. The number of nitrogens with zero attached hydrogens (tertiary/aromatic N) is 1. The van der Waals surface area contributed by atoms with E-state index in [4.69, 9.17) is 0 Å². The van der Waals surface area contributed by atoms with E-state index >= 15 is 0 Å². The van der Waals surface area contributed by atoms with Gasteiger partial charge in [-0.3, -0.25) is 9.36 Å². The number of aromatic nitrogens is 1. The molecule has 2 aromatic rings. The van der Waals surface area contributed by atoms with Gasteiger partial charge in [-0.1, -0.05) is 12.1 Å². The molecular weight excluding hydrogens is 166 g/mol. The Morgan fingerprint density at radius 3 is 2.85 bits per heavy atom. The van der Waals surface area contributed by atoms with Crippen molar-refractivity contribution in [3.63, 3.8) is 0 Å². The van der Waals surface area contributed by atoms with Crippen LogP contribution in [0.25, 0.3) is 10.9 Å². The van der Waals surface area contributed by atoms with Crippen LogP contribution in [0.1, 0.15) is 11.7 Å². The van der Waals surface area contributed by atoms with Gasteiger partial charge in [0.1, 0.15) is 5.75 Å². The molecule has 0 saturated carbocycles. The van der Waals surface area contributed by atoms with E-state index < -0.39 is 0 Å². The van der Waals surface area contributed by atoms with Gasteiger partial charge < -0.3 is 5.11 Å². The van der Waals surface area contributed by atoms with Crippen LogP contribution in [0.15, 0.2) is 30.5 Å². The largest absolute Gasteiger partial charge is 0.506 e. The number of phenols is 1. The first-order chi connectivity index (χ1) is 6.20. The van der Waals surface area contributed by atoms with Gasteiger partial charge in [0.05, 0.1) is 5.52 Å². The Kier molecular flexibility index (Phi) is 1.59. The molecule has 0 unspecified atom stereocenters. The molecule has 1 aromatic heterocycles. The maximum Gasteiger partial charge on any atom is 0.228 e. The number of para-hydroxylation sites is 1. The van der Waals surface area contributed by atoms with E-state index in [1.54, 1.807) is 24.4 Å². The van der Waals surface area contributed by atoms with Crippen molar-refractivity contribution < 1.29 is 9.90 Å². The molecule has 0 atom stereocenters. The zero-order valence-electron chi connectivity index (χ0n) is 7.19. The van der Waals surface area contributed by atoms with Gasteiger partial charge >= 0.3 is 0 Å². The number of phenolic OH excluding ortho intramolecular Hbond substituents is 1. The summed E-state index contributed by atoms with van der Waals surface area (Å²) in [5.41, 5.74) is 0.579. The first-order valence-corrected chi connectivity index (χ1v) is 4.00. The second kappa shape index (κ2) is 2.62. The summed E-state index contributed by atoms with van der Waals surface area (Å²) in [5.74, 6) is 0.0363. The Balaban J connectivity index is 2.86. The van der Waals surface area contributed by atoms with Gasteiger partial charge in [0.2, 0.25) is 5.91 Å². The zero-order chi connectivity index (χ0) is 9.42. The van der Waals surface area contributed by atoms with Crippen LogP contribution in [-0.2, 0) is 0 Å². The van der Waals surface area contributed by atoms with E-state index in [2.05, 4.69) is 0 Å². The highest BCUT2D eigenvalue weighted by Gasteiger charge is 2.07. The van der Waals surface area contributed by atoms with Gasteiger partial charge in [0, 0.05) is 18.5 Å². The summed E-state index contributed by atoms with van der Waals surface area (Å²) < 4.78 is 1.44. The summed E-state index contributed by atoms with van der Waals surface area (Å²) in [7, 11) is 0. The number of hydrogen-bond acceptors (Lipinski definition) is 2. The van der Waals surface area contributed by atoms with Gasteiger partial charge in [0.15, 0.2) is 0 Å². The van der Waals surface area contributed by atoms with E-state index in [0.717, 1.165) is 5.39 Å². The summed E-state index contributed by atoms with van der Waals surface area (Å²) in [5, 5.41) is 10.4. The minimum atomic E-state index is -0.100. The monoisotopic (exact) mass is 175 g/mol. The third-order valence-electron chi connectivity index (χ3n) is 2.03. The summed E-state index contributed by atoms with van der Waals surface area (Å²) in [4.78, 5) is 11.1. The van der Waals surface area contributed by atoms with Crippen molar-refractivity contribution in [1.29, 1.82) is 0 Å². The lowest BCUT2D eigenvalue weighted by Gasteiger charge is -2.00. The van der Waals surface area contributed by atoms with Crippen molar-refractivity contribution in [2.75, 3.05) is 0 Å². The standard InChI is InChI=1S/C10H9NO2/c1-7(12)11-6-5-8-3-2-4-9(13)10(8)11/h2-6,13H,1H3. The minimum absolute atomic E-state index is 0.100. The lowest BCUT2D eigenvalue weighted by Crippen LogP contribution is -2.02. The minimum Gasteiger partial charge on any atom is -0.506 e. The zero-order valence-corrected chi connectivity index (χ0v) is 7.19. The van der Waals surface area contributed by atoms with Gasteiger partial charge in [-0.05, 0) is 12.1 Å². The Morgan fingerprint density at radius 2 is 2.15 bits per heavy atom. The van der Waals surface area contributed by atoms with E-state index in [0.29, 0.717) is 5.52 Å². The second-order valence-corrected chi connectivity index (χ2v) is 2.92. The maximum atomic E-state index is 11.1. The van der Waals surface area contributed by atoms with E-state index in [1.165, 1.54) is 11.5 Å². The molecule has 1 aromatic carbocycles. The molecule has 0 aliphatic heterocycles. The Hall–Kier alpha value is -1.77.